The van der Waals surface area contributed by atoms with Crippen molar-refractivity contribution in [2.75, 3.05) is 0 Å². The molecule has 0 aromatic heterocycles. The van der Waals surface area contributed by atoms with Crippen molar-refractivity contribution < 1.29 is 9.53 Å². The number of primary amides is 1. The van der Waals surface area contributed by atoms with Gasteiger partial charge in [-0.1, -0.05) is 0 Å². The van der Waals surface area contributed by atoms with Crippen LogP contribution in [0.2, 0.25) is 0 Å². The molecule has 20 heavy (non-hydrogen) atoms. The molecule has 7 heteroatoms. The average molecular weight is 311 g/mol. The summed E-state index contributed by atoms with van der Waals surface area (Å²) in [7, 11) is 0. The number of carbonyl (C=O) groups excluding carboxylic acids is 1. The van der Waals surface area contributed by atoms with Crippen molar-refractivity contribution in [2.24, 2.45) is 5.73 Å². The van der Waals surface area contributed by atoms with E-state index in [0.29, 0.717) is 0 Å². The fourth-order valence-corrected chi connectivity index (χ4v) is 5.87. The van der Waals surface area contributed by atoms with Gasteiger partial charge in [0.2, 0.25) is 0 Å². The first-order valence-electron chi connectivity index (χ1n) is 5.95. The van der Waals surface area contributed by atoms with Gasteiger partial charge in [-0.2, -0.15) is 10.5 Å². The van der Waals surface area contributed by atoms with Crippen LogP contribution >= 0.6 is 23.5 Å². The molecule has 0 radical (unpaired) electrons. The van der Waals surface area contributed by atoms with Crippen LogP contribution in [0, 0.1) is 22.7 Å². The lowest BCUT2D eigenvalue weighted by atomic mass is 10.0. The van der Waals surface area contributed by atoms with Crippen LogP contribution < -0.4 is 5.73 Å². The number of hydrogen-bond donors (Lipinski definition) is 1. The Balaban J connectivity index is 3.27. The van der Waals surface area contributed by atoms with Gasteiger partial charge < -0.3 is 10.5 Å². The fourth-order valence-electron chi connectivity index (χ4n) is 2.01. The Morgan fingerprint density at radius 1 is 1.50 bits per heavy atom. The molecule has 108 valence electrons. The summed E-state index contributed by atoms with van der Waals surface area (Å²) < 4.78 is 4.22. The van der Waals surface area contributed by atoms with Gasteiger partial charge in [0.05, 0.1) is 18.6 Å². The van der Waals surface area contributed by atoms with E-state index in [1.165, 1.54) is 29.6 Å². The van der Waals surface area contributed by atoms with Crippen molar-refractivity contribution in [1.82, 2.24) is 0 Å². The molecule has 5 nitrogen and oxygen atoms in total. The number of nitrogens with two attached hydrogens (primary N) is 1. The highest BCUT2D eigenvalue weighted by atomic mass is 32.2. The summed E-state index contributed by atoms with van der Waals surface area (Å²) in [5, 5.41) is 18.0. The van der Waals surface area contributed by atoms with Gasteiger partial charge in [0.25, 0.3) is 0 Å². The van der Waals surface area contributed by atoms with E-state index in [-0.39, 0.29) is 11.2 Å². The third-order valence-electron chi connectivity index (χ3n) is 3.07. The Morgan fingerprint density at radius 2 is 2.10 bits per heavy atom. The van der Waals surface area contributed by atoms with Gasteiger partial charge in [-0.15, -0.1) is 23.5 Å². The fraction of sp³-hybridized carbons (Fsp3) is 0.615. The molecular formula is C13H17N3O2S2. The first-order valence-corrected chi connectivity index (χ1v) is 7.58. The summed E-state index contributed by atoms with van der Waals surface area (Å²) in [5.41, 5.74) is 4.19. The molecular weight excluding hydrogens is 294 g/mol. The first kappa shape index (κ1) is 16.7. The number of ether oxygens (including phenoxy) is 1. The zero-order chi connectivity index (χ0) is 15.6. The maximum Gasteiger partial charge on any atom is 0.405 e. The second-order valence-electron chi connectivity index (χ2n) is 5.37. The molecule has 1 unspecified atom stereocenters. The van der Waals surface area contributed by atoms with E-state index in [0.717, 1.165) is 4.91 Å². The highest BCUT2D eigenvalue weighted by Gasteiger charge is 2.58. The Morgan fingerprint density at radius 3 is 2.55 bits per heavy atom. The summed E-state index contributed by atoms with van der Waals surface area (Å²) in [5.74, 6) is 0. The minimum Gasteiger partial charge on any atom is -0.441 e. The van der Waals surface area contributed by atoms with Gasteiger partial charge in [-0.05, 0) is 27.7 Å². The number of carbonyl (C=O) groups is 1. The molecule has 0 bridgehead atoms. The Kier molecular flexibility index (Phi) is 4.68. The zero-order valence-corrected chi connectivity index (χ0v) is 13.5. The molecule has 0 aliphatic carbocycles. The largest absolute Gasteiger partial charge is 0.441 e. The molecule has 1 rings (SSSR count). The predicted octanol–water partition coefficient (Wildman–Crippen LogP) is 3.14. The van der Waals surface area contributed by atoms with Gasteiger partial charge >= 0.3 is 6.09 Å². The van der Waals surface area contributed by atoms with Crippen molar-refractivity contribution >= 4 is 29.6 Å². The average Bonchev–Trinajstić information content (AvgIpc) is 2.51. The predicted molar refractivity (Wildman–Crippen MR) is 80.7 cm³/mol. The van der Waals surface area contributed by atoms with Crippen LogP contribution in [-0.2, 0) is 4.74 Å². The second-order valence-corrected chi connectivity index (χ2v) is 8.89. The van der Waals surface area contributed by atoms with Gasteiger partial charge in [0, 0.05) is 15.7 Å². The van der Waals surface area contributed by atoms with E-state index in [1.54, 1.807) is 13.8 Å². The molecule has 1 aliphatic rings. The molecule has 0 aromatic carbocycles. The van der Waals surface area contributed by atoms with Crippen LogP contribution in [0.15, 0.2) is 11.0 Å². The molecule has 0 spiro atoms. The SMILES string of the molecule is CC1(C)SC(CC#N)(C(C)(C)OC(N)=O)S/C1=C/C#N. The van der Waals surface area contributed by atoms with E-state index >= 15 is 0 Å². The Bertz CT molecular complexity index is 529. The Hall–Kier alpha value is -1.31. The van der Waals surface area contributed by atoms with Gasteiger partial charge in [0.1, 0.15) is 9.68 Å². The number of hydrogen-bond acceptors (Lipinski definition) is 6. The van der Waals surface area contributed by atoms with Crippen LogP contribution in [0.3, 0.4) is 0 Å². The van der Waals surface area contributed by atoms with Crippen molar-refractivity contribution in [2.45, 2.75) is 48.5 Å². The second kappa shape index (κ2) is 5.59. The maximum atomic E-state index is 11.1. The lowest BCUT2D eigenvalue weighted by Crippen LogP contribution is -2.48. The summed E-state index contributed by atoms with van der Waals surface area (Å²) in [6.45, 7) is 7.43. The first-order chi connectivity index (χ1) is 9.10. The molecule has 2 N–H and O–H groups in total. The van der Waals surface area contributed by atoms with Crippen molar-refractivity contribution in [1.29, 1.82) is 10.5 Å². The molecule has 0 aromatic rings. The maximum absolute atomic E-state index is 11.1. The number of nitriles is 2. The summed E-state index contributed by atoms with van der Waals surface area (Å²) in [6.07, 6.45) is 0.787. The number of amides is 1. The van der Waals surface area contributed by atoms with Crippen LogP contribution in [0.5, 0.6) is 0 Å². The smallest absolute Gasteiger partial charge is 0.405 e. The molecule has 1 amide bonds. The Labute approximate surface area is 127 Å². The molecule has 1 saturated heterocycles. The lowest BCUT2D eigenvalue weighted by molar-refractivity contribution is 0.0375. The number of thioether (sulfide) groups is 2. The molecule has 1 atom stereocenters. The third-order valence-corrected chi connectivity index (χ3v) is 7.21. The number of allylic oxidation sites excluding steroid dienone is 1. The van der Waals surface area contributed by atoms with E-state index in [1.807, 2.05) is 19.9 Å². The summed E-state index contributed by atoms with van der Waals surface area (Å²) in [6, 6.07) is 4.17. The van der Waals surface area contributed by atoms with Gasteiger partial charge in [-0.25, -0.2) is 4.79 Å². The van der Waals surface area contributed by atoms with E-state index in [9.17, 15) is 4.79 Å². The number of nitrogens with zero attached hydrogens (tertiary/aromatic N) is 2. The van der Waals surface area contributed by atoms with Gasteiger partial charge in [0.15, 0.2) is 0 Å². The van der Waals surface area contributed by atoms with Crippen molar-refractivity contribution in [3.05, 3.63) is 11.0 Å². The lowest BCUT2D eigenvalue weighted by Gasteiger charge is -2.40. The van der Waals surface area contributed by atoms with Crippen LogP contribution in [0.25, 0.3) is 0 Å². The highest BCUT2D eigenvalue weighted by Crippen LogP contribution is 2.66. The van der Waals surface area contributed by atoms with E-state index in [4.69, 9.17) is 21.0 Å². The van der Waals surface area contributed by atoms with Crippen molar-refractivity contribution in [3.63, 3.8) is 0 Å². The molecule has 1 fully saturated rings. The van der Waals surface area contributed by atoms with Gasteiger partial charge in [-0.3, -0.25) is 0 Å². The number of rotatable bonds is 3. The van der Waals surface area contributed by atoms with E-state index < -0.39 is 15.8 Å². The minimum absolute atomic E-state index is 0.175. The molecule has 1 heterocycles. The topological polar surface area (TPSA) is 99.9 Å². The monoisotopic (exact) mass is 311 g/mol. The van der Waals surface area contributed by atoms with Crippen LogP contribution in [-0.4, -0.2) is 20.5 Å². The molecule has 0 saturated carbocycles. The van der Waals surface area contributed by atoms with E-state index in [2.05, 4.69) is 6.07 Å². The highest BCUT2D eigenvalue weighted by molar-refractivity contribution is 8.24. The minimum atomic E-state index is -0.938. The normalized spacial score (nSPS) is 26.8. The zero-order valence-electron chi connectivity index (χ0n) is 11.9. The quantitative estimate of drug-likeness (QED) is 0.804. The van der Waals surface area contributed by atoms with Crippen LogP contribution in [0.4, 0.5) is 4.79 Å². The van der Waals surface area contributed by atoms with Crippen molar-refractivity contribution in [3.8, 4) is 12.1 Å². The standard InChI is InChI=1S/C13H17N3O2S2/c1-11(2)9(5-7-14)19-13(20-11,6-8-15)12(3,4)18-10(16)17/h5H,6H2,1-4H3,(H2,16,17)/b9-5+. The molecule has 1 aliphatic heterocycles. The third kappa shape index (κ3) is 3.05. The summed E-state index contributed by atoms with van der Waals surface area (Å²) >= 11 is 2.93. The van der Waals surface area contributed by atoms with Crippen LogP contribution in [0.1, 0.15) is 34.1 Å². The summed E-state index contributed by atoms with van der Waals surface area (Å²) in [4.78, 5) is 12.0.